The number of fused-ring (bicyclic) bond motifs is 1. The van der Waals surface area contributed by atoms with Gasteiger partial charge in [-0.2, -0.15) is 9.97 Å². The number of rotatable bonds is 8. The highest BCUT2D eigenvalue weighted by molar-refractivity contribution is 7.53. The van der Waals surface area contributed by atoms with Gasteiger partial charge < -0.3 is 34.2 Å². The van der Waals surface area contributed by atoms with Gasteiger partial charge in [0.25, 0.3) is 5.85 Å². The molecule has 0 saturated carbocycles. The number of hydrogen-bond acceptors (Lipinski definition) is 11. The van der Waals surface area contributed by atoms with Crippen molar-refractivity contribution in [3.05, 3.63) is 30.3 Å². The summed E-state index contributed by atoms with van der Waals surface area (Å²) in [5.74, 6) is -3.16. The van der Waals surface area contributed by atoms with E-state index in [2.05, 4.69) is 24.7 Å². The Morgan fingerprint density at radius 1 is 1.29 bits per heavy atom. The van der Waals surface area contributed by atoms with Crippen LogP contribution in [0.5, 0.6) is 0 Å². The number of aliphatic hydroxyl groups is 2. The third-order valence-corrected chi connectivity index (χ3v) is 6.09. The Morgan fingerprint density at radius 2 is 2.06 bits per heavy atom. The fourth-order valence-electron chi connectivity index (χ4n) is 3.43. The number of hydrogen-bond donors (Lipinski definition) is 4. The average Bonchev–Trinajstić information content (AvgIpc) is 3.49. The van der Waals surface area contributed by atoms with Crippen LogP contribution in [0.1, 0.15) is 13.2 Å². The predicted molar refractivity (Wildman–Crippen MR) is 112 cm³/mol. The van der Waals surface area contributed by atoms with Crippen LogP contribution in [0.3, 0.4) is 0 Å². The summed E-state index contributed by atoms with van der Waals surface area (Å²) in [5, 5.41) is 20.9. The monoisotopic (exact) mass is 518 g/mol. The molecule has 0 aliphatic carbocycles. The summed E-state index contributed by atoms with van der Waals surface area (Å²) in [4.78, 5) is 47.2. The first-order chi connectivity index (χ1) is 16.1. The summed E-state index contributed by atoms with van der Waals surface area (Å²) in [5.41, 5.74) is 0.484. The minimum Gasteiger partial charge on any atom is -0.464 e. The second kappa shape index (κ2) is 9.64. The number of imidazole rings is 2. The van der Waals surface area contributed by atoms with Gasteiger partial charge in [-0.3, -0.25) is 13.7 Å². The van der Waals surface area contributed by atoms with Crippen LogP contribution in [-0.4, -0.2) is 92.4 Å². The first-order valence-corrected chi connectivity index (χ1v) is 11.9. The number of aromatic nitrogens is 6. The normalized spacial score (nSPS) is 23.9. The molecule has 1 aliphatic heterocycles. The van der Waals surface area contributed by atoms with Crippen LogP contribution in [0.2, 0.25) is 5.28 Å². The van der Waals surface area contributed by atoms with Crippen molar-refractivity contribution >= 4 is 36.3 Å². The van der Waals surface area contributed by atoms with E-state index in [-0.39, 0.29) is 17.5 Å². The van der Waals surface area contributed by atoms with E-state index in [9.17, 15) is 29.4 Å². The van der Waals surface area contributed by atoms with Gasteiger partial charge in [-0.05, 0) is 18.5 Å². The summed E-state index contributed by atoms with van der Waals surface area (Å²) in [6, 6.07) is 0. The molecule has 0 radical (unpaired) electrons. The number of carbonyl (C=O) groups is 1. The van der Waals surface area contributed by atoms with Crippen LogP contribution in [0.25, 0.3) is 17.0 Å². The van der Waals surface area contributed by atoms with Crippen molar-refractivity contribution in [2.45, 2.75) is 37.3 Å². The van der Waals surface area contributed by atoms with Gasteiger partial charge in [-0.25, -0.2) is 14.8 Å². The van der Waals surface area contributed by atoms with Gasteiger partial charge in [0.2, 0.25) is 5.28 Å². The van der Waals surface area contributed by atoms with Crippen LogP contribution >= 0.6 is 19.2 Å². The number of ether oxygens (including phenoxy) is 3. The molecule has 15 nitrogen and oxygen atoms in total. The summed E-state index contributed by atoms with van der Waals surface area (Å²) in [6.45, 7) is 0.704. The highest BCUT2D eigenvalue weighted by Crippen LogP contribution is 2.43. The van der Waals surface area contributed by atoms with E-state index >= 15 is 0 Å². The minimum atomic E-state index is -5.04. The van der Waals surface area contributed by atoms with E-state index in [0.29, 0.717) is 11.3 Å². The Labute approximate surface area is 196 Å². The van der Waals surface area contributed by atoms with Crippen molar-refractivity contribution in [1.82, 2.24) is 29.1 Å². The van der Waals surface area contributed by atoms with E-state index in [0.717, 1.165) is 0 Å². The lowest BCUT2D eigenvalue weighted by Gasteiger charge is -2.20. The van der Waals surface area contributed by atoms with Crippen molar-refractivity contribution < 1.29 is 43.6 Å². The molecule has 4 heterocycles. The maximum Gasteiger partial charge on any atom is 0.365 e. The van der Waals surface area contributed by atoms with Crippen molar-refractivity contribution in [2.75, 3.05) is 13.2 Å². The van der Waals surface area contributed by atoms with Crippen molar-refractivity contribution in [1.29, 1.82) is 0 Å². The third-order valence-electron chi connectivity index (χ3n) is 4.95. The molecular formula is C17H20ClN6O9P. The van der Waals surface area contributed by atoms with Crippen LogP contribution in [0, 0.1) is 0 Å². The fraction of sp³-hybridized carbons (Fsp3) is 0.471. The van der Waals surface area contributed by atoms with E-state index in [1.54, 1.807) is 10.8 Å². The SMILES string of the molecule is CCOC(=O)C(OC[C@H]1O[C@@H](n2cnc3c(-n4ccnc4)nc(Cl)nc32)[C@H](O)[C@@H]1O)P(=O)(O)O. The largest absolute Gasteiger partial charge is 0.464 e. The average molecular weight is 519 g/mol. The standard InChI is InChI=1S/C17H20ClN6O9P/c1-2-31-15(27)16(34(28,29)30)32-5-8-10(25)11(26)14(33-8)24-7-20-9-12(23-4-3-19-6-23)21-17(18)22-13(9)24/h3-4,6-8,10-11,14,16,25-26H,2,5H2,1H3,(H2,28,29,30)/t8-,10-,11-,14-,16?/m1/s1. The zero-order valence-electron chi connectivity index (χ0n) is 17.4. The Morgan fingerprint density at radius 3 is 2.71 bits per heavy atom. The lowest BCUT2D eigenvalue weighted by atomic mass is 10.1. The maximum absolute atomic E-state index is 11.9. The second-order valence-corrected chi connectivity index (χ2v) is 9.17. The molecule has 184 valence electrons. The van der Waals surface area contributed by atoms with Gasteiger partial charge in [0.15, 0.2) is 23.2 Å². The smallest absolute Gasteiger partial charge is 0.365 e. The summed E-state index contributed by atoms with van der Waals surface area (Å²) in [6.07, 6.45) is 0.423. The number of esters is 1. The molecule has 1 unspecified atom stereocenters. The number of aliphatic hydroxyl groups excluding tert-OH is 2. The van der Waals surface area contributed by atoms with E-state index in [4.69, 9.17) is 21.1 Å². The molecule has 3 aromatic rings. The number of carbonyl (C=O) groups excluding carboxylic acids is 1. The van der Waals surface area contributed by atoms with Crippen molar-refractivity contribution in [3.8, 4) is 5.82 Å². The number of halogens is 1. The fourth-order valence-corrected chi connectivity index (χ4v) is 4.21. The van der Waals surface area contributed by atoms with Gasteiger partial charge in [0, 0.05) is 12.4 Å². The topological polar surface area (TPSA) is 204 Å². The lowest BCUT2D eigenvalue weighted by Crippen LogP contribution is -2.36. The lowest BCUT2D eigenvalue weighted by molar-refractivity contribution is -0.155. The van der Waals surface area contributed by atoms with Gasteiger partial charge in [-0.1, -0.05) is 0 Å². The molecule has 1 aliphatic rings. The maximum atomic E-state index is 11.9. The minimum absolute atomic E-state index is 0.121. The molecule has 1 fully saturated rings. The van der Waals surface area contributed by atoms with Crippen LogP contribution in [0.15, 0.2) is 25.0 Å². The van der Waals surface area contributed by atoms with Crippen LogP contribution < -0.4 is 0 Å². The van der Waals surface area contributed by atoms with Crippen LogP contribution in [0.4, 0.5) is 0 Å². The Kier molecular flexibility index (Phi) is 6.98. The Bertz CT molecular complexity index is 1220. The molecule has 0 aromatic carbocycles. The first-order valence-electron chi connectivity index (χ1n) is 9.85. The van der Waals surface area contributed by atoms with Gasteiger partial charge in [-0.15, -0.1) is 0 Å². The zero-order valence-corrected chi connectivity index (χ0v) is 19.1. The van der Waals surface area contributed by atoms with E-state index in [1.165, 1.54) is 30.3 Å². The molecule has 17 heteroatoms. The first kappa shape index (κ1) is 24.6. The van der Waals surface area contributed by atoms with Gasteiger partial charge >= 0.3 is 13.6 Å². The van der Waals surface area contributed by atoms with E-state index in [1.807, 2.05) is 0 Å². The highest BCUT2D eigenvalue weighted by Gasteiger charge is 2.46. The summed E-state index contributed by atoms with van der Waals surface area (Å²) in [7, 11) is -5.04. The summed E-state index contributed by atoms with van der Waals surface area (Å²) < 4.78 is 29.9. The van der Waals surface area contributed by atoms with Crippen LogP contribution in [-0.2, 0) is 23.6 Å². The molecule has 34 heavy (non-hydrogen) atoms. The summed E-state index contributed by atoms with van der Waals surface area (Å²) >= 11 is 6.07. The molecule has 0 bridgehead atoms. The predicted octanol–water partition coefficient (Wildman–Crippen LogP) is -0.632. The third kappa shape index (κ3) is 4.69. The molecule has 1 saturated heterocycles. The zero-order chi connectivity index (χ0) is 24.6. The van der Waals surface area contributed by atoms with Gasteiger partial charge in [0.1, 0.15) is 24.6 Å². The van der Waals surface area contributed by atoms with Gasteiger partial charge in [0.05, 0.1) is 19.5 Å². The molecule has 4 N–H and O–H groups in total. The van der Waals surface area contributed by atoms with Crippen molar-refractivity contribution in [2.24, 2.45) is 0 Å². The van der Waals surface area contributed by atoms with E-state index < -0.39 is 50.6 Å². The number of nitrogens with zero attached hydrogens (tertiary/aromatic N) is 6. The molecule has 3 aromatic heterocycles. The molecule has 0 spiro atoms. The van der Waals surface area contributed by atoms with Crippen molar-refractivity contribution in [3.63, 3.8) is 0 Å². The Balaban J connectivity index is 1.58. The molecule has 4 rings (SSSR count). The second-order valence-electron chi connectivity index (χ2n) is 7.18. The quantitative estimate of drug-likeness (QED) is 0.167. The molecular weight excluding hydrogens is 499 g/mol. The highest BCUT2D eigenvalue weighted by atomic mass is 35.5. The Hall–Kier alpha value is -2.49. The molecule has 5 atom stereocenters. The molecule has 0 amide bonds.